The molecule has 0 radical (unpaired) electrons. The molecule has 1 amide bonds. The van der Waals surface area contributed by atoms with Crippen molar-refractivity contribution in [3.8, 4) is 11.3 Å². The fraction of sp³-hybridized carbons (Fsp3) is 0.429. The third kappa shape index (κ3) is 2.77. The topological polar surface area (TPSA) is 51.2 Å². The first-order chi connectivity index (χ1) is 9.63. The van der Waals surface area contributed by atoms with Gasteiger partial charge in [0.15, 0.2) is 5.13 Å². The number of anilines is 1. The summed E-state index contributed by atoms with van der Waals surface area (Å²) >= 11 is 3.22. The molecule has 3 rings (SSSR count). The zero-order valence-electron chi connectivity index (χ0n) is 11.4. The average Bonchev–Trinajstić information content (AvgIpc) is 3.10. The highest BCUT2D eigenvalue weighted by Crippen LogP contribution is 2.32. The lowest BCUT2D eigenvalue weighted by Gasteiger charge is -2.07. The Morgan fingerprint density at radius 1 is 1.50 bits per heavy atom. The van der Waals surface area contributed by atoms with E-state index in [1.165, 1.54) is 21.1 Å². The summed E-state index contributed by atoms with van der Waals surface area (Å²) in [4.78, 5) is 19.0. The van der Waals surface area contributed by atoms with Crippen LogP contribution in [0.1, 0.15) is 22.6 Å². The zero-order chi connectivity index (χ0) is 14.1. The van der Waals surface area contributed by atoms with Crippen LogP contribution in [0.4, 0.5) is 5.13 Å². The number of nitrogens with one attached hydrogen (secondary N) is 1. The molecule has 1 aliphatic rings. The molecular weight excluding hydrogens is 292 g/mol. The van der Waals surface area contributed by atoms with Gasteiger partial charge in [0.25, 0.3) is 5.91 Å². The average molecular weight is 308 g/mol. The highest BCUT2D eigenvalue weighted by molar-refractivity contribution is 7.14. The van der Waals surface area contributed by atoms with Crippen molar-refractivity contribution >= 4 is 33.7 Å². The molecule has 2 aromatic rings. The van der Waals surface area contributed by atoms with Gasteiger partial charge < -0.3 is 4.74 Å². The van der Waals surface area contributed by atoms with E-state index in [2.05, 4.69) is 30.2 Å². The van der Waals surface area contributed by atoms with Crippen LogP contribution in [0.25, 0.3) is 11.3 Å². The third-order valence-corrected chi connectivity index (χ3v) is 5.00. The van der Waals surface area contributed by atoms with Crippen LogP contribution in [0.15, 0.2) is 11.4 Å². The summed E-state index contributed by atoms with van der Waals surface area (Å²) in [5.74, 6) is -0.0818. The Bertz CT molecular complexity index is 627. The van der Waals surface area contributed by atoms with Crippen molar-refractivity contribution in [3.63, 3.8) is 0 Å². The highest BCUT2D eigenvalue weighted by atomic mass is 32.1. The quantitative estimate of drug-likeness (QED) is 0.942. The Hall–Kier alpha value is -1.24. The largest absolute Gasteiger partial charge is 0.368 e. The molecule has 0 bridgehead atoms. The molecule has 1 aliphatic heterocycles. The van der Waals surface area contributed by atoms with Gasteiger partial charge in [-0.05, 0) is 32.8 Å². The smallest absolute Gasteiger partial charge is 0.255 e. The molecule has 0 saturated carbocycles. The molecule has 20 heavy (non-hydrogen) atoms. The van der Waals surface area contributed by atoms with Gasteiger partial charge in [0.05, 0.1) is 5.69 Å². The Kier molecular flexibility index (Phi) is 3.87. The van der Waals surface area contributed by atoms with E-state index >= 15 is 0 Å². The van der Waals surface area contributed by atoms with E-state index in [4.69, 9.17) is 4.74 Å². The molecule has 2 aromatic heterocycles. The van der Waals surface area contributed by atoms with Crippen LogP contribution in [0, 0.1) is 13.8 Å². The molecule has 4 nitrogen and oxygen atoms in total. The number of thiophene rings is 1. The number of amides is 1. The molecular formula is C14H16N2O2S2. The number of thiazole rings is 1. The number of nitrogens with zero attached hydrogens (tertiary/aromatic N) is 1. The van der Waals surface area contributed by atoms with E-state index in [0.717, 1.165) is 24.1 Å². The van der Waals surface area contributed by atoms with E-state index in [0.29, 0.717) is 11.7 Å². The number of ether oxygens (including phenoxy) is 1. The first-order valence-electron chi connectivity index (χ1n) is 6.59. The van der Waals surface area contributed by atoms with Gasteiger partial charge in [0, 0.05) is 27.3 Å². The van der Waals surface area contributed by atoms with Crippen LogP contribution in [0.3, 0.4) is 0 Å². The zero-order valence-corrected chi connectivity index (χ0v) is 13.1. The molecule has 1 saturated heterocycles. The van der Waals surface area contributed by atoms with Crippen molar-refractivity contribution in [2.24, 2.45) is 0 Å². The second-order valence-corrected chi connectivity index (χ2v) is 7.17. The van der Waals surface area contributed by atoms with Crippen LogP contribution in [0.5, 0.6) is 0 Å². The van der Waals surface area contributed by atoms with Crippen LogP contribution in [-0.4, -0.2) is 23.6 Å². The van der Waals surface area contributed by atoms with Gasteiger partial charge >= 0.3 is 0 Å². The lowest BCUT2D eigenvalue weighted by atomic mass is 10.2. The number of carbonyl (C=O) groups is 1. The molecule has 1 N–H and O–H groups in total. The summed E-state index contributed by atoms with van der Waals surface area (Å²) in [7, 11) is 0. The fourth-order valence-electron chi connectivity index (χ4n) is 2.31. The van der Waals surface area contributed by atoms with E-state index in [1.807, 2.05) is 5.38 Å². The van der Waals surface area contributed by atoms with Crippen molar-refractivity contribution in [3.05, 3.63) is 21.2 Å². The van der Waals surface area contributed by atoms with E-state index in [1.54, 1.807) is 11.3 Å². The van der Waals surface area contributed by atoms with Gasteiger partial charge in [-0.25, -0.2) is 4.98 Å². The molecule has 1 unspecified atom stereocenters. The van der Waals surface area contributed by atoms with E-state index in [-0.39, 0.29) is 12.0 Å². The number of hydrogen-bond donors (Lipinski definition) is 1. The van der Waals surface area contributed by atoms with Gasteiger partial charge in [0.1, 0.15) is 6.10 Å². The molecule has 1 fully saturated rings. The second-order valence-electron chi connectivity index (χ2n) is 4.86. The van der Waals surface area contributed by atoms with Gasteiger partial charge in [0.2, 0.25) is 0 Å². The molecule has 0 aliphatic carbocycles. The van der Waals surface area contributed by atoms with Crippen molar-refractivity contribution in [1.82, 2.24) is 4.98 Å². The van der Waals surface area contributed by atoms with Gasteiger partial charge in [-0.15, -0.1) is 22.7 Å². The number of rotatable bonds is 3. The third-order valence-electron chi connectivity index (χ3n) is 3.27. The number of carbonyl (C=O) groups excluding carboxylic acids is 1. The SMILES string of the molecule is Cc1cc(-c2csc(NC(=O)C3CCCO3)n2)c(C)s1. The summed E-state index contributed by atoms with van der Waals surface area (Å²) in [5.41, 5.74) is 2.08. The normalized spacial score (nSPS) is 18.4. The first-order valence-corrected chi connectivity index (χ1v) is 8.28. The minimum Gasteiger partial charge on any atom is -0.368 e. The Morgan fingerprint density at radius 3 is 3.00 bits per heavy atom. The monoisotopic (exact) mass is 308 g/mol. The summed E-state index contributed by atoms with van der Waals surface area (Å²) in [6.45, 7) is 4.86. The summed E-state index contributed by atoms with van der Waals surface area (Å²) in [6.07, 6.45) is 1.44. The van der Waals surface area contributed by atoms with Gasteiger partial charge in [-0.2, -0.15) is 0 Å². The molecule has 1 atom stereocenters. The molecule has 3 heterocycles. The molecule has 6 heteroatoms. The minimum atomic E-state index is -0.313. The molecule has 106 valence electrons. The van der Waals surface area contributed by atoms with Crippen molar-refractivity contribution < 1.29 is 9.53 Å². The van der Waals surface area contributed by atoms with Crippen LogP contribution < -0.4 is 5.32 Å². The lowest BCUT2D eigenvalue weighted by molar-refractivity contribution is -0.124. The maximum Gasteiger partial charge on any atom is 0.255 e. The van der Waals surface area contributed by atoms with Gasteiger partial charge in [-0.3, -0.25) is 10.1 Å². The maximum absolute atomic E-state index is 12.0. The van der Waals surface area contributed by atoms with Crippen molar-refractivity contribution in [1.29, 1.82) is 0 Å². The Balaban J connectivity index is 1.73. The van der Waals surface area contributed by atoms with Crippen molar-refractivity contribution in [2.45, 2.75) is 32.8 Å². The standard InChI is InChI=1S/C14H16N2O2S2/c1-8-6-10(9(2)20-8)11-7-19-14(15-11)16-13(17)12-4-3-5-18-12/h6-7,12H,3-5H2,1-2H3,(H,15,16,17). The summed E-state index contributed by atoms with van der Waals surface area (Å²) < 4.78 is 5.37. The molecule has 0 spiro atoms. The predicted octanol–water partition coefficient (Wildman–Crippen LogP) is 3.61. The number of aryl methyl sites for hydroxylation is 2. The fourth-order valence-corrected chi connectivity index (χ4v) is 3.96. The van der Waals surface area contributed by atoms with Crippen LogP contribution in [-0.2, 0) is 9.53 Å². The van der Waals surface area contributed by atoms with E-state index in [9.17, 15) is 4.79 Å². The van der Waals surface area contributed by atoms with Crippen molar-refractivity contribution in [2.75, 3.05) is 11.9 Å². The predicted molar refractivity (Wildman–Crippen MR) is 82.5 cm³/mol. The van der Waals surface area contributed by atoms with Crippen LogP contribution in [0.2, 0.25) is 0 Å². The summed E-state index contributed by atoms with van der Waals surface area (Å²) in [6, 6.07) is 2.14. The number of aromatic nitrogens is 1. The molecule has 0 aromatic carbocycles. The minimum absolute atomic E-state index is 0.0818. The first kappa shape index (κ1) is 13.7. The summed E-state index contributed by atoms with van der Waals surface area (Å²) in [5, 5.41) is 5.48. The Morgan fingerprint density at radius 2 is 2.35 bits per heavy atom. The number of hydrogen-bond acceptors (Lipinski definition) is 5. The van der Waals surface area contributed by atoms with Crippen LogP contribution >= 0.6 is 22.7 Å². The van der Waals surface area contributed by atoms with Gasteiger partial charge in [-0.1, -0.05) is 0 Å². The lowest BCUT2D eigenvalue weighted by Crippen LogP contribution is -2.26. The van der Waals surface area contributed by atoms with E-state index < -0.39 is 0 Å². The second kappa shape index (κ2) is 5.63. The maximum atomic E-state index is 12.0. The highest BCUT2D eigenvalue weighted by Gasteiger charge is 2.24. The Labute approximate surface area is 125 Å².